The SMILES string of the molecule is [2H]C1=C(C)C(C)C(F)C(C)C1=C. The quantitative estimate of drug-likeness (QED) is 0.504. The Morgan fingerprint density at radius 3 is 2.64 bits per heavy atom. The average Bonchev–Trinajstić information content (AvgIpc) is 2.08. The predicted octanol–water partition coefficient (Wildman–Crippen LogP) is 3.11. The largest absolute Gasteiger partial charge is 0.246 e. The number of hydrogen-bond acceptors (Lipinski definition) is 0. The van der Waals surface area contributed by atoms with Gasteiger partial charge in [-0.2, -0.15) is 0 Å². The molecule has 1 aliphatic carbocycles. The first-order valence-electron chi connectivity index (χ1n) is 4.47. The van der Waals surface area contributed by atoms with E-state index in [-0.39, 0.29) is 11.8 Å². The summed E-state index contributed by atoms with van der Waals surface area (Å²) < 4.78 is 21.1. The molecular weight excluding hydrogens is 139 g/mol. The monoisotopic (exact) mass is 155 g/mol. The number of alkyl halides is 1. The molecule has 0 saturated heterocycles. The lowest BCUT2D eigenvalue weighted by molar-refractivity contribution is 0.204. The van der Waals surface area contributed by atoms with Crippen LogP contribution in [-0.4, -0.2) is 6.17 Å². The molecule has 0 heterocycles. The highest BCUT2D eigenvalue weighted by molar-refractivity contribution is 5.29. The van der Waals surface area contributed by atoms with E-state index in [1.54, 1.807) is 6.92 Å². The number of rotatable bonds is 0. The van der Waals surface area contributed by atoms with Crippen molar-refractivity contribution >= 4 is 0 Å². The van der Waals surface area contributed by atoms with E-state index in [9.17, 15) is 4.39 Å². The van der Waals surface area contributed by atoms with Gasteiger partial charge >= 0.3 is 0 Å². The summed E-state index contributed by atoms with van der Waals surface area (Å²) in [7, 11) is 0. The number of allylic oxidation sites excluding steroid dienone is 3. The van der Waals surface area contributed by atoms with Crippen LogP contribution in [0.4, 0.5) is 4.39 Å². The molecule has 0 amide bonds. The second-order valence-corrected chi connectivity index (χ2v) is 3.36. The van der Waals surface area contributed by atoms with Crippen LogP contribution in [0, 0.1) is 11.8 Å². The van der Waals surface area contributed by atoms with Gasteiger partial charge in [0.05, 0.1) is 1.37 Å². The summed E-state index contributed by atoms with van der Waals surface area (Å²) in [6.07, 6.45) is -0.869. The molecule has 0 N–H and O–H groups in total. The van der Waals surface area contributed by atoms with E-state index >= 15 is 0 Å². The molecule has 0 radical (unpaired) electrons. The lowest BCUT2D eigenvalue weighted by atomic mass is 9.79. The fraction of sp³-hybridized carbons (Fsp3) is 0.600. The van der Waals surface area contributed by atoms with Crippen molar-refractivity contribution in [3.63, 3.8) is 0 Å². The van der Waals surface area contributed by atoms with E-state index in [4.69, 9.17) is 1.37 Å². The van der Waals surface area contributed by atoms with E-state index in [1.807, 2.05) is 13.8 Å². The first kappa shape index (κ1) is 7.08. The maximum atomic E-state index is 13.5. The minimum absolute atomic E-state index is 0.127. The lowest BCUT2D eigenvalue weighted by Gasteiger charge is -2.29. The van der Waals surface area contributed by atoms with Gasteiger partial charge in [-0.3, -0.25) is 0 Å². The van der Waals surface area contributed by atoms with Gasteiger partial charge in [0.25, 0.3) is 0 Å². The zero-order valence-electron chi connectivity index (χ0n) is 8.32. The van der Waals surface area contributed by atoms with Crippen molar-refractivity contribution in [2.24, 2.45) is 11.8 Å². The third-order valence-electron chi connectivity index (χ3n) is 2.55. The normalized spacial score (nSPS) is 40.9. The van der Waals surface area contributed by atoms with Crippen molar-refractivity contribution in [1.82, 2.24) is 0 Å². The third kappa shape index (κ3) is 1.37. The van der Waals surface area contributed by atoms with Crippen molar-refractivity contribution < 1.29 is 5.76 Å². The van der Waals surface area contributed by atoms with Gasteiger partial charge in [-0.05, 0) is 12.5 Å². The van der Waals surface area contributed by atoms with Crippen LogP contribution in [0.25, 0.3) is 0 Å². The fourth-order valence-corrected chi connectivity index (χ4v) is 1.34. The van der Waals surface area contributed by atoms with Gasteiger partial charge in [0.1, 0.15) is 6.17 Å². The Kier molecular flexibility index (Phi) is 1.80. The van der Waals surface area contributed by atoms with Crippen molar-refractivity contribution in [2.45, 2.75) is 26.9 Å². The molecule has 0 bridgehead atoms. The Labute approximate surface area is 69.2 Å². The van der Waals surface area contributed by atoms with Crippen molar-refractivity contribution in [3.8, 4) is 0 Å². The van der Waals surface area contributed by atoms with Gasteiger partial charge in [-0.25, -0.2) is 4.39 Å². The van der Waals surface area contributed by atoms with E-state index in [0.717, 1.165) is 5.57 Å². The molecule has 0 fully saturated rings. The third-order valence-corrected chi connectivity index (χ3v) is 2.55. The summed E-state index contributed by atoms with van der Waals surface area (Å²) in [4.78, 5) is 0. The Hall–Kier alpha value is -0.590. The van der Waals surface area contributed by atoms with Gasteiger partial charge in [0.2, 0.25) is 0 Å². The van der Waals surface area contributed by atoms with E-state index < -0.39 is 6.17 Å². The molecule has 0 nitrogen and oxygen atoms in total. The van der Waals surface area contributed by atoms with Gasteiger partial charge in [0.15, 0.2) is 0 Å². The first-order chi connectivity index (χ1) is 5.46. The highest BCUT2D eigenvalue weighted by Gasteiger charge is 2.29. The summed E-state index contributed by atoms with van der Waals surface area (Å²) in [5.41, 5.74) is 1.46. The Balaban J connectivity index is 3.08. The van der Waals surface area contributed by atoms with Crippen LogP contribution in [0.5, 0.6) is 0 Å². The predicted molar refractivity (Wildman–Crippen MR) is 46.1 cm³/mol. The summed E-state index contributed by atoms with van der Waals surface area (Å²) in [5.74, 6) is -0.325. The lowest BCUT2D eigenvalue weighted by Crippen LogP contribution is -2.26. The molecule has 0 aromatic heterocycles. The summed E-state index contributed by atoms with van der Waals surface area (Å²) in [5, 5.41) is 0. The Morgan fingerprint density at radius 1 is 1.55 bits per heavy atom. The van der Waals surface area contributed by atoms with Crippen molar-refractivity contribution in [1.29, 1.82) is 0 Å². The fourth-order valence-electron chi connectivity index (χ4n) is 1.34. The van der Waals surface area contributed by atoms with Gasteiger partial charge in [-0.15, -0.1) is 0 Å². The minimum atomic E-state index is -0.869. The molecule has 1 aliphatic rings. The van der Waals surface area contributed by atoms with Crippen LogP contribution in [0.2, 0.25) is 0 Å². The van der Waals surface area contributed by atoms with Crippen molar-refractivity contribution in [3.05, 3.63) is 23.8 Å². The molecule has 3 atom stereocenters. The molecular formula is C10H15F. The number of halogens is 1. The van der Waals surface area contributed by atoms with Gasteiger partial charge < -0.3 is 0 Å². The van der Waals surface area contributed by atoms with Crippen LogP contribution in [-0.2, 0) is 0 Å². The minimum Gasteiger partial charge on any atom is -0.246 e. The van der Waals surface area contributed by atoms with Crippen LogP contribution < -0.4 is 0 Å². The first-order valence-corrected chi connectivity index (χ1v) is 3.97. The molecule has 62 valence electrons. The smallest absolute Gasteiger partial charge is 0.113 e. The average molecular weight is 155 g/mol. The molecule has 1 rings (SSSR count). The summed E-state index contributed by atoms with van der Waals surface area (Å²) >= 11 is 0. The Bertz CT molecular complexity index is 242. The van der Waals surface area contributed by atoms with Crippen LogP contribution >= 0.6 is 0 Å². The maximum absolute atomic E-state index is 13.5. The van der Waals surface area contributed by atoms with Crippen LogP contribution in [0.3, 0.4) is 0 Å². The Morgan fingerprint density at radius 2 is 2.09 bits per heavy atom. The van der Waals surface area contributed by atoms with E-state index in [2.05, 4.69) is 6.58 Å². The molecule has 0 spiro atoms. The zero-order chi connectivity index (χ0) is 9.46. The summed E-state index contributed by atoms with van der Waals surface area (Å²) in [6.45, 7) is 9.17. The van der Waals surface area contributed by atoms with Crippen molar-refractivity contribution in [2.75, 3.05) is 0 Å². The second-order valence-electron chi connectivity index (χ2n) is 3.36. The van der Waals surface area contributed by atoms with E-state index in [1.165, 1.54) is 0 Å². The molecule has 11 heavy (non-hydrogen) atoms. The van der Waals surface area contributed by atoms with Crippen LogP contribution in [0.15, 0.2) is 23.8 Å². The molecule has 1 heteroatoms. The highest BCUT2D eigenvalue weighted by atomic mass is 19.1. The number of hydrogen-bond donors (Lipinski definition) is 0. The molecule has 0 aromatic rings. The molecule has 0 aliphatic heterocycles. The van der Waals surface area contributed by atoms with E-state index in [0.29, 0.717) is 11.6 Å². The van der Waals surface area contributed by atoms with Crippen LogP contribution in [0.1, 0.15) is 22.1 Å². The molecule has 0 saturated carbocycles. The zero-order valence-corrected chi connectivity index (χ0v) is 7.32. The molecule has 0 aromatic carbocycles. The topological polar surface area (TPSA) is 0 Å². The van der Waals surface area contributed by atoms with Gasteiger partial charge in [-0.1, -0.05) is 32.1 Å². The second kappa shape index (κ2) is 2.80. The summed E-state index contributed by atoms with van der Waals surface area (Å²) in [6, 6.07) is 0.448. The van der Waals surface area contributed by atoms with Gasteiger partial charge in [0, 0.05) is 11.8 Å². The standard InChI is InChI=1S/C10H15F/c1-6-5-7(2)9(4)10(11)8(6)3/h5,8-10H,1H2,2-4H3/i5D. The highest BCUT2D eigenvalue weighted by Crippen LogP contribution is 2.33. The molecule has 3 unspecified atom stereocenters. The maximum Gasteiger partial charge on any atom is 0.113 e.